The summed E-state index contributed by atoms with van der Waals surface area (Å²) in [6, 6.07) is 13.5. The van der Waals surface area contributed by atoms with Gasteiger partial charge in [-0.1, -0.05) is 35.0 Å². The van der Waals surface area contributed by atoms with Crippen molar-refractivity contribution in [1.29, 1.82) is 0 Å². The first-order chi connectivity index (χ1) is 15.4. The van der Waals surface area contributed by atoms with Gasteiger partial charge in [0.05, 0.1) is 24.0 Å². The predicted molar refractivity (Wildman–Crippen MR) is 122 cm³/mol. The van der Waals surface area contributed by atoms with Gasteiger partial charge < -0.3 is 14.6 Å². The van der Waals surface area contributed by atoms with Gasteiger partial charge in [0.25, 0.3) is 5.91 Å². The Balaban J connectivity index is 1.43. The molecule has 0 saturated carbocycles. The van der Waals surface area contributed by atoms with E-state index in [2.05, 4.69) is 21.6 Å². The molecule has 0 saturated heterocycles. The van der Waals surface area contributed by atoms with Crippen LogP contribution in [0.1, 0.15) is 38.5 Å². The van der Waals surface area contributed by atoms with Crippen LogP contribution in [0.5, 0.6) is 5.75 Å². The Labute approximate surface area is 190 Å². The van der Waals surface area contributed by atoms with Crippen LogP contribution < -0.4 is 10.1 Å². The number of carbonyl (C=O) groups is 1. The van der Waals surface area contributed by atoms with Crippen LogP contribution in [0.15, 0.2) is 59.4 Å². The third-order valence-electron chi connectivity index (χ3n) is 4.90. The van der Waals surface area contributed by atoms with Gasteiger partial charge in [0.2, 0.25) is 0 Å². The summed E-state index contributed by atoms with van der Waals surface area (Å²) in [7, 11) is 0. The Kier molecular flexibility index (Phi) is 6.28. The van der Waals surface area contributed by atoms with E-state index in [0.717, 1.165) is 22.4 Å². The summed E-state index contributed by atoms with van der Waals surface area (Å²) in [5, 5.41) is 11.7. The Hall–Kier alpha value is -3.58. The fraction of sp³-hybridized carbons (Fsp3) is 0.208. The van der Waals surface area contributed by atoms with E-state index in [4.69, 9.17) is 20.9 Å². The zero-order valence-electron chi connectivity index (χ0n) is 18.1. The van der Waals surface area contributed by atoms with Crippen LogP contribution in [0.3, 0.4) is 0 Å². The lowest BCUT2D eigenvalue weighted by molar-refractivity contribution is 0.101. The summed E-state index contributed by atoms with van der Waals surface area (Å²) in [5.74, 6) is 0.885. The maximum absolute atomic E-state index is 12.8. The van der Waals surface area contributed by atoms with Crippen molar-refractivity contribution in [2.24, 2.45) is 0 Å². The molecular formula is C24H23ClN4O3. The third-order valence-corrected chi connectivity index (χ3v) is 5.14. The second kappa shape index (κ2) is 9.28. The summed E-state index contributed by atoms with van der Waals surface area (Å²) in [4.78, 5) is 12.8. The topological polar surface area (TPSA) is 82.2 Å². The number of hydrogen-bond acceptors (Lipinski definition) is 5. The molecule has 0 bridgehead atoms. The third kappa shape index (κ3) is 5.18. The number of hydrogen-bond donors (Lipinski definition) is 1. The molecule has 0 spiro atoms. The van der Waals surface area contributed by atoms with Crippen molar-refractivity contribution in [2.75, 3.05) is 5.32 Å². The average molecular weight is 451 g/mol. The quantitative estimate of drug-likeness (QED) is 0.411. The zero-order valence-corrected chi connectivity index (χ0v) is 18.8. The van der Waals surface area contributed by atoms with Crippen LogP contribution in [0.2, 0.25) is 5.02 Å². The molecule has 0 fully saturated rings. The summed E-state index contributed by atoms with van der Waals surface area (Å²) in [6.45, 7) is 6.49. The van der Waals surface area contributed by atoms with Crippen LogP contribution in [-0.2, 0) is 13.2 Å². The van der Waals surface area contributed by atoms with Gasteiger partial charge in [-0.25, -0.2) is 0 Å². The molecule has 4 rings (SSSR count). The van der Waals surface area contributed by atoms with Crippen LogP contribution in [-0.4, -0.2) is 20.8 Å². The zero-order chi connectivity index (χ0) is 22.7. The van der Waals surface area contributed by atoms with Gasteiger partial charge in [-0.15, -0.1) is 0 Å². The molecule has 0 atom stereocenters. The van der Waals surface area contributed by atoms with Crippen molar-refractivity contribution in [3.05, 3.63) is 93.6 Å². The number of amides is 1. The normalized spacial score (nSPS) is 10.9. The number of nitrogens with zero attached hydrogens (tertiary/aromatic N) is 3. The molecule has 7 nitrogen and oxygen atoms in total. The molecule has 0 aliphatic rings. The highest BCUT2D eigenvalue weighted by molar-refractivity contribution is 6.30. The molecule has 164 valence electrons. The average Bonchev–Trinajstić information content (AvgIpc) is 3.31. The van der Waals surface area contributed by atoms with Crippen molar-refractivity contribution in [3.63, 3.8) is 0 Å². The minimum absolute atomic E-state index is 0.176. The maximum Gasteiger partial charge on any atom is 0.278 e. The van der Waals surface area contributed by atoms with Crippen molar-refractivity contribution in [2.45, 2.75) is 33.9 Å². The van der Waals surface area contributed by atoms with E-state index in [1.54, 1.807) is 24.0 Å². The first-order valence-electron chi connectivity index (χ1n) is 10.1. The molecule has 32 heavy (non-hydrogen) atoms. The van der Waals surface area contributed by atoms with E-state index in [9.17, 15) is 4.79 Å². The standard InChI is InChI=1S/C24H23ClN4O3/c1-15-7-16(2)9-21(8-15)31-14-22-17(3)32-28-23(22)24(30)27-20-11-26-29(13-20)12-18-5-4-6-19(25)10-18/h4-11,13H,12,14H2,1-3H3,(H,27,30). The number of aromatic nitrogens is 3. The molecule has 1 amide bonds. The lowest BCUT2D eigenvalue weighted by atomic mass is 10.1. The molecule has 2 aromatic carbocycles. The highest BCUT2D eigenvalue weighted by Gasteiger charge is 2.21. The highest BCUT2D eigenvalue weighted by Crippen LogP contribution is 2.21. The van der Waals surface area contributed by atoms with Gasteiger partial charge in [-0.2, -0.15) is 5.10 Å². The SMILES string of the molecule is Cc1cc(C)cc(OCc2c(C(=O)Nc3cnn(Cc4cccc(Cl)c4)c3)noc2C)c1. The first-order valence-corrected chi connectivity index (χ1v) is 10.5. The fourth-order valence-electron chi connectivity index (χ4n) is 3.44. The van der Waals surface area contributed by atoms with Gasteiger partial charge in [-0.3, -0.25) is 9.48 Å². The summed E-state index contributed by atoms with van der Waals surface area (Å²) < 4.78 is 12.9. The second-order valence-corrected chi connectivity index (χ2v) is 8.13. The minimum Gasteiger partial charge on any atom is -0.489 e. The molecule has 0 aliphatic carbocycles. The predicted octanol–water partition coefficient (Wildman–Crippen LogP) is 5.33. The Morgan fingerprint density at radius 1 is 1.16 bits per heavy atom. The second-order valence-electron chi connectivity index (χ2n) is 7.69. The Bertz CT molecular complexity index is 1240. The molecule has 0 radical (unpaired) electrons. The summed E-state index contributed by atoms with van der Waals surface area (Å²) >= 11 is 6.04. The van der Waals surface area contributed by atoms with Crippen LogP contribution in [0, 0.1) is 20.8 Å². The van der Waals surface area contributed by atoms with Gasteiger partial charge in [0.1, 0.15) is 18.1 Å². The largest absolute Gasteiger partial charge is 0.489 e. The highest BCUT2D eigenvalue weighted by atomic mass is 35.5. The van der Waals surface area contributed by atoms with Crippen molar-refractivity contribution < 1.29 is 14.1 Å². The van der Waals surface area contributed by atoms with Crippen molar-refractivity contribution >= 4 is 23.2 Å². The van der Waals surface area contributed by atoms with Crippen LogP contribution in [0.4, 0.5) is 5.69 Å². The number of rotatable bonds is 7. The molecule has 8 heteroatoms. The number of aryl methyl sites for hydroxylation is 3. The number of carbonyl (C=O) groups excluding carboxylic acids is 1. The number of halogens is 1. The van der Waals surface area contributed by atoms with Gasteiger partial charge in [-0.05, 0) is 61.7 Å². The maximum atomic E-state index is 12.8. The van der Waals surface area contributed by atoms with Crippen LogP contribution >= 0.6 is 11.6 Å². The number of anilines is 1. The molecule has 4 aromatic rings. The van der Waals surface area contributed by atoms with Crippen molar-refractivity contribution in [1.82, 2.24) is 14.9 Å². The summed E-state index contributed by atoms with van der Waals surface area (Å²) in [5.41, 5.74) is 4.57. The van der Waals surface area contributed by atoms with Gasteiger partial charge in [0.15, 0.2) is 5.69 Å². The van der Waals surface area contributed by atoms with Gasteiger partial charge >= 0.3 is 0 Å². The van der Waals surface area contributed by atoms with E-state index in [1.807, 2.05) is 50.2 Å². The molecule has 2 heterocycles. The smallest absolute Gasteiger partial charge is 0.278 e. The molecule has 0 aliphatic heterocycles. The number of benzene rings is 2. The van der Waals surface area contributed by atoms with E-state index in [-0.39, 0.29) is 18.2 Å². The Morgan fingerprint density at radius 3 is 2.69 bits per heavy atom. The molecule has 2 aromatic heterocycles. The fourth-order valence-corrected chi connectivity index (χ4v) is 3.65. The van der Waals surface area contributed by atoms with E-state index >= 15 is 0 Å². The van der Waals surface area contributed by atoms with Crippen LogP contribution in [0.25, 0.3) is 0 Å². The lowest BCUT2D eigenvalue weighted by Crippen LogP contribution is -2.15. The Morgan fingerprint density at radius 2 is 1.94 bits per heavy atom. The molecule has 1 N–H and O–H groups in total. The monoisotopic (exact) mass is 450 g/mol. The van der Waals surface area contributed by atoms with E-state index in [0.29, 0.717) is 28.6 Å². The first kappa shape index (κ1) is 21.6. The van der Waals surface area contributed by atoms with Gasteiger partial charge in [0, 0.05) is 11.2 Å². The molecular weight excluding hydrogens is 428 g/mol. The summed E-state index contributed by atoms with van der Waals surface area (Å²) in [6.07, 6.45) is 3.33. The van der Waals surface area contributed by atoms with E-state index < -0.39 is 0 Å². The molecule has 0 unspecified atom stereocenters. The number of ether oxygens (including phenoxy) is 1. The van der Waals surface area contributed by atoms with Crippen molar-refractivity contribution in [3.8, 4) is 5.75 Å². The number of nitrogens with one attached hydrogen (secondary N) is 1. The van der Waals surface area contributed by atoms with E-state index in [1.165, 1.54) is 0 Å². The lowest BCUT2D eigenvalue weighted by Gasteiger charge is -2.08. The minimum atomic E-state index is -0.386.